The molecule has 3 rings (SSSR count). The first-order valence-corrected chi connectivity index (χ1v) is 6.54. The summed E-state index contributed by atoms with van der Waals surface area (Å²) in [6, 6.07) is 7.67. The van der Waals surface area contributed by atoms with Gasteiger partial charge in [0.15, 0.2) is 0 Å². The van der Waals surface area contributed by atoms with Crippen LogP contribution in [0.3, 0.4) is 0 Å². The van der Waals surface area contributed by atoms with Gasteiger partial charge in [0.1, 0.15) is 5.58 Å². The van der Waals surface area contributed by atoms with Crippen molar-refractivity contribution in [1.29, 1.82) is 0 Å². The summed E-state index contributed by atoms with van der Waals surface area (Å²) in [6.45, 7) is 2.78. The van der Waals surface area contributed by atoms with E-state index in [9.17, 15) is 9.90 Å². The maximum absolute atomic E-state index is 11.3. The second kappa shape index (κ2) is 4.38. The van der Waals surface area contributed by atoms with Crippen LogP contribution in [0.2, 0.25) is 0 Å². The fraction of sp³-hybridized carbons (Fsp3) is 0.400. The fourth-order valence-corrected chi connectivity index (χ4v) is 2.74. The maximum atomic E-state index is 11.3. The zero-order chi connectivity index (χ0) is 13.5. The zero-order valence-corrected chi connectivity index (χ0v) is 10.9. The van der Waals surface area contributed by atoms with Crippen molar-refractivity contribution in [2.45, 2.75) is 25.4 Å². The first kappa shape index (κ1) is 12.2. The van der Waals surface area contributed by atoms with Gasteiger partial charge in [0.2, 0.25) is 5.91 Å². The zero-order valence-electron chi connectivity index (χ0n) is 10.9. The minimum Gasteiger partial charge on any atom is -0.464 e. The fourth-order valence-electron chi connectivity index (χ4n) is 2.74. The van der Waals surface area contributed by atoms with Crippen LogP contribution in [0.1, 0.15) is 25.3 Å². The molecule has 1 aliphatic rings. The lowest BCUT2D eigenvalue weighted by atomic mass is 9.84. The third-order valence-electron chi connectivity index (χ3n) is 4.03. The van der Waals surface area contributed by atoms with Gasteiger partial charge in [0, 0.05) is 25.4 Å². The van der Waals surface area contributed by atoms with Crippen LogP contribution >= 0.6 is 0 Å². The van der Waals surface area contributed by atoms with Gasteiger partial charge in [-0.3, -0.25) is 4.79 Å². The number of aliphatic hydroxyl groups is 1. The predicted octanol–water partition coefficient (Wildman–Crippen LogP) is 2.26. The van der Waals surface area contributed by atoms with E-state index in [4.69, 9.17) is 4.42 Å². The molecule has 0 bridgehead atoms. The Morgan fingerprint density at radius 2 is 2.05 bits per heavy atom. The van der Waals surface area contributed by atoms with E-state index in [1.54, 1.807) is 18.1 Å². The maximum Gasteiger partial charge on any atom is 0.219 e. The van der Waals surface area contributed by atoms with E-state index < -0.39 is 5.60 Å². The topological polar surface area (TPSA) is 53.7 Å². The number of piperidine rings is 1. The van der Waals surface area contributed by atoms with Gasteiger partial charge in [-0.25, -0.2) is 0 Å². The van der Waals surface area contributed by atoms with Crippen LogP contribution in [0.4, 0.5) is 0 Å². The van der Waals surface area contributed by atoms with Gasteiger partial charge in [-0.15, -0.1) is 0 Å². The van der Waals surface area contributed by atoms with E-state index in [0.717, 1.165) is 16.5 Å². The quantitative estimate of drug-likeness (QED) is 0.854. The lowest BCUT2D eigenvalue weighted by Gasteiger charge is -2.38. The van der Waals surface area contributed by atoms with Crippen molar-refractivity contribution < 1.29 is 14.3 Å². The van der Waals surface area contributed by atoms with Crippen LogP contribution in [0.15, 0.2) is 34.9 Å². The summed E-state index contributed by atoms with van der Waals surface area (Å²) in [7, 11) is 0. The molecular formula is C15H17NO3. The average molecular weight is 259 g/mol. The van der Waals surface area contributed by atoms with Crippen LogP contribution < -0.4 is 0 Å². The Labute approximate surface area is 111 Å². The van der Waals surface area contributed by atoms with Crippen molar-refractivity contribution >= 4 is 16.9 Å². The van der Waals surface area contributed by atoms with Crippen molar-refractivity contribution in [2.75, 3.05) is 13.1 Å². The number of furan rings is 1. The van der Waals surface area contributed by atoms with Crippen LogP contribution in [0, 0.1) is 0 Å². The molecule has 1 aromatic heterocycles. The average Bonchev–Trinajstić information content (AvgIpc) is 2.86. The summed E-state index contributed by atoms with van der Waals surface area (Å²) in [5, 5.41) is 11.8. The molecule has 0 aliphatic carbocycles. The largest absolute Gasteiger partial charge is 0.464 e. The molecule has 1 saturated heterocycles. The molecule has 1 aliphatic heterocycles. The smallest absolute Gasteiger partial charge is 0.219 e. The molecule has 0 atom stereocenters. The number of fused-ring (bicyclic) bond motifs is 1. The van der Waals surface area contributed by atoms with E-state index in [0.29, 0.717) is 25.9 Å². The Bertz CT molecular complexity index is 609. The number of nitrogens with zero attached hydrogens (tertiary/aromatic N) is 1. The summed E-state index contributed by atoms with van der Waals surface area (Å²) in [5.74, 6) is 0.0762. The van der Waals surface area contributed by atoms with Crippen LogP contribution in [0.25, 0.3) is 11.0 Å². The van der Waals surface area contributed by atoms with Crippen LogP contribution in [-0.2, 0) is 10.4 Å². The van der Waals surface area contributed by atoms with Gasteiger partial charge in [-0.05, 0) is 36.6 Å². The van der Waals surface area contributed by atoms with E-state index in [1.165, 1.54) is 0 Å². The predicted molar refractivity (Wildman–Crippen MR) is 71.6 cm³/mol. The van der Waals surface area contributed by atoms with Gasteiger partial charge in [0.25, 0.3) is 0 Å². The highest BCUT2D eigenvalue weighted by Gasteiger charge is 2.34. The molecule has 0 saturated carbocycles. The van der Waals surface area contributed by atoms with Gasteiger partial charge in [-0.1, -0.05) is 6.07 Å². The lowest BCUT2D eigenvalue weighted by molar-refractivity contribution is -0.133. The van der Waals surface area contributed by atoms with E-state index >= 15 is 0 Å². The molecule has 4 heteroatoms. The molecule has 2 heterocycles. The van der Waals surface area contributed by atoms with Gasteiger partial charge in [-0.2, -0.15) is 0 Å². The molecule has 0 radical (unpaired) electrons. The first-order valence-electron chi connectivity index (χ1n) is 6.54. The minimum atomic E-state index is -0.836. The summed E-state index contributed by atoms with van der Waals surface area (Å²) in [4.78, 5) is 13.1. The third kappa shape index (κ3) is 2.12. The molecule has 0 spiro atoms. The molecule has 1 amide bonds. The van der Waals surface area contributed by atoms with Crippen molar-refractivity contribution in [3.05, 3.63) is 36.1 Å². The molecule has 0 unspecified atom stereocenters. The number of hydrogen-bond acceptors (Lipinski definition) is 3. The Morgan fingerprint density at radius 1 is 1.32 bits per heavy atom. The Kier molecular flexibility index (Phi) is 2.82. The first-order chi connectivity index (χ1) is 9.08. The van der Waals surface area contributed by atoms with Crippen molar-refractivity contribution in [3.63, 3.8) is 0 Å². The molecule has 100 valence electrons. The lowest BCUT2D eigenvalue weighted by Crippen LogP contribution is -2.44. The second-order valence-corrected chi connectivity index (χ2v) is 5.21. The molecule has 4 nitrogen and oxygen atoms in total. The Hall–Kier alpha value is -1.81. The Balaban J connectivity index is 1.86. The minimum absolute atomic E-state index is 0.0762. The summed E-state index contributed by atoms with van der Waals surface area (Å²) < 4.78 is 5.31. The summed E-state index contributed by atoms with van der Waals surface area (Å²) in [6.07, 6.45) is 2.81. The van der Waals surface area contributed by atoms with Crippen molar-refractivity contribution in [3.8, 4) is 0 Å². The molecule has 2 aromatic rings. The SMILES string of the molecule is CC(=O)N1CCC(O)(c2ccc3occc3c2)CC1. The van der Waals surface area contributed by atoms with E-state index in [-0.39, 0.29) is 5.91 Å². The highest BCUT2D eigenvalue weighted by molar-refractivity contribution is 5.78. The molecule has 1 N–H and O–H groups in total. The third-order valence-corrected chi connectivity index (χ3v) is 4.03. The number of likely N-dealkylation sites (tertiary alicyclic amines) is 1. The molecule has 1 aromatic carbocycles. The normalized spacial score (nSPS) is 18.7. The number of amides is 1. The van der Waals surface area contributed by atoms with Crippen molar-refractivity contribution in [1.82, 2.24) is 4.90 Å². The molecular weight excluding hydrogens is 242 g/mol. The number of benzene rings is 1. The highest BCUT2D eigenvalue weighted by atomic mass is 16.3. The molecule has 19 heavy (non-hydrogen) atoms. The highest BCUT2D eigenvalue weighted by Crippen LogP contribution is 2.34. The standard InChI is InChI=1S/C15H17NO3/c1-11(17)16-7-5-15(18,6-8-16)13-2-3-14-12(10-13)4-9-19-14/h2-4,9-10,18H,5-8H2,1H3. The summed E-state index contributed by atoms with van der Waals surface area (Å²) in [5.41, 5.74) is 0.898. The molecule has 1 fully saturated rings. The van der Waals surface area contributed by atoms with Crippen molar-refractivity contribution in [2.24, 2.45) is 0 Å². The van der Waals surface area contributed by atoms with Gasteiger partial charge < -0.3 is 14.4 Å². The van der Waals surface area contributed by atoms with Gasteiger partial charge in [0.05, 0.1) is 11.9 Å². The number of hydrogen-bond donors (Lipinski definition) is 1. The van der Waals surface area contributed by atoms with Crippen LogP contribution in [0.5, 0.6) is 0 Å². The number of carbonyl (C=O) groups is 1. The monoisotopic (exact) mass is 259 g/mol. The summed E-state index contributed by atoms with van der Waals surface area (Å²) >= 11 is 0. The van der Waals surface area contributed by atoms with E-state index in [1.807, 2.05) is 24.3 Å². The van der Waals surface area contributed by atoms with Crippen LogP contribution in [-0.4, -0.2) is 29.0 Å². The second-order valence-electron chi connectivity index (χ2n) is 5.21. The van der Waals surface area contributed by atoms with Gasteiger partial charge >= 0.3 is 0 Å². The Morgan fingerprint density at radius 3 is 2.74 bits per heavy atom. The number of rotatable bonds is 1. The number of carbonyl (C=O) groups excluding carboxylic acids is 1. The van der Waals surface area contributed by atoms with E-state index in [2.05, 4.69) is 0 Å².